The van der Waals surface area contributed by atoms with E-state index in [-0.39, 0.29) is 5.75 Å². The number of aromatic hydroxyl groups is 1. The molecule has 3 rings (SSSR count). The molecule has 0 aliphatic carbocycles. The molecule has 0 saturated carbocycles. The van der Waals surface area contributed by atoms with Gasteiger partial charge < -0.3 is 25.8 Å². The summed E-state index contributed by atoms with van der Waals surface area (Å²) in [5, 5.41) is 22.7. The third-order valence-electron chi connectivity index (χ3n) is 4.25. The molecule has 31 heavy (non-hydrogen) atoms. The monoisotopic (exact) mass is 871 g/mol. The van der Waals surface area contributed by atoms with Crippen molar-refractivity contribution >= 4 is 96.3 Å². The van der Waals surface area contributed by atoms with Crippen LogP contribution < -0.4 is 20.9 Å². The third-order valence-corrected chi connectivity index (χ3v) is 7.50. The second kappa shape index (κ2) is 11.6. The lowest BCUT2D eigenvalue weighted by atomic mass is 10.1. The summed E-state index contributed by atoms with van der Waals surface area (Å²) in [6.45, 7) is 0.405. The van der Waals surface area contributed by atoms with Gasteiger partial charge >= 0.3 is 5.97 Å². The molecule has 0 bridgehead atoms. The van der Waals surface area contributed by atoms with E-state index in [1.165, 1.54) is 0 Å². The molecule has 11 heteroatoms. The van der Waals surface area contributed by atoms with Gasteiger partial charge in [-0.15, -0.1) is 0 Å². The van der Waals surface area contributed by atoms with Crippen LogP contribution in [0.1, 0.15) is 5.56 Å². The zero-order valence-corrected chi connectivity index (χ0v) is 24.4. The summed E-state index contributed by atoms with van der Waals surface area (Å²) >= 11 is 8.53. The van der Waals surface area contributed by atoms with Crippen molar-refractivity contribution in [1.29, 1.82) is 0 Å². The largest absolute Gasteiger partial charge is 0.506 e. The molecule has 2 aromatic carbocycles. The Morgan fingerprint density at radius 3 is 2.26 bits per heavy atom. The number of rotatable bonds is 8. The Balaban J connectivity index is 1.74. The van der Waals surface area contributed by atoms with E-state index in [1.54, 1.807) is 18.3 Å². The number of hydrogen-bond donors (Lipinski definition) is 5. The van der Waals surface area contributed by atoms with Gasteiger partial charge in [-0.05, 0) is 139 Å². The number of hydrogen-bond acceptors (Lipinski definition) is 6. The molecule has 0 saturated heterocycles. The maximum atomic E-state index is 11.8. The van der Waals surface area contributed by atoms with Gasteiger partial charge in [-0.2, -0.15) is 0 Å². The number of hydrazine groups is 1. The lowest BCUT2D eigenvalue weighted by Crippen LogP contribution is -2.42. The van der Waals surface area contributed by atoms with Crippen LogP contribution in [0, 0.1) is 14.3 Å². The molecule has 0 aromatic heterocycles. The van der Waals surface area contributed by atoms with Crippen molar-refractivity contribution in [2.45, 2.75) is 12.5 Å². The number of carboxylic acids is 1. The highest BCUT2D eigenvalue weighted by Gasteiger charge is 2.20. The van der Waals surface area contributed by atoms with Crippen LogP contribution in [0.2, 0.25) is 0 Å². The molecule has 7 nitrogen and oxygen atoms in total. The lowest BCUT2D eigenvalue weighted by molar-refractivity contribution is -0.139. The van der Waals surface area contributed by atoms with Crippen molar-refractivity contribution in [2.24, 2.45) is 0 Å². The van der Waals surface area contributed by atoms with Gasteiger partial charge in [-0.1, -0.05) is 0 Å². The number of nitrogens with one attached hydrogen (secondary N) is 3. The molecule has 1 unspecified atom stereocenters. The molecule has 2 aromatic rings. The van der Waals surface area contributed by atoms with Gasteiger partial charge in [-0.3, -0.25) is 10.1 Å². The topological polar surface area (TPSA) is 103 Å². The minimum atomic E-state index is -0.904. The Morgan fingerprint density at radius 2 is 1.71 bits per heavy atom. The number of carbonyl (C=O) groups is 1. The fourth-order valence-corrected chi connectivity index (χ4v) is 6.58. The predicted molar refractivity (Wildman–Crippen MR) is 152 cm³/mol. The van der Waals surface area contributed by atoms with E-state index in [0.717, 1.165) is 18.4 Å². The van der Waals surface area contributed by atoms with Gasteiger partial charge in [0.15, 0.2) is 5.75 Å². The molecular weight excluding hydrogens is 854 g/mol. The van der Waals surface area contributed by atoms with Crippen LogP contribution in [0.25, 0.3) is 0 Å². The van der Waals surface area contributed by atoms with E-state index >= 15 is 0 Å². The van der Waals surface area contributed by atoms with Crippen molar-refractivity contribution in [3.63, 3.8) is 0 Å². The van der Waals surface area contributed by atoms with Gasteiger partial charge in [0.1, 0.15) is 17.5 Å². The Bertz CT molecular complexity index is 1010. The van der Waals surface area contributed by atoms with Crippen LogP contribution in [0.3, 0.4) is 0 Å². The molecule has 0 fully saturated rings. The maximum Gasteiger partial charge on any atom is 0.321 e. The van der Waals surface area contributed by atoms with Crippen LogP contribution >= 0.6 is 90.4 Å². The summed E-state index contributed by atoms with van der Waals surface area (Å²) in [6.07, 6.45) is 5.83. The summed E-state index contributed by atoms with van der Waals surface area (Å²) in [5.74, 6) is 0.678. The summed E-state index contributed by atoms with van der Waals surface area (Å²) in [6, 6.07) is 6.71. The van der Waals surface area contributed by atoms with Gasteiger partial charge in [0.2, 0.25) is 0 Å². The Kier molecular flexibility index (Phi) is 9.35. The molecule has 0 amide bonds. The molecule has 0 radical (unpaired) electrons. The van der Waals surface area contributed by atoms with Crippen molar-refractivity contribution in [3.8, 4) is 17.2 Å². The number of phenols is 1. The Hall–Kier alpha value is -0.530. The second-order valence-electron chi connectivity index (χ2n) is 6.52. The highest BCUT2D eigenvalue weighted by molar-refractivity contribution is 14.1. The first-order valence-corrected chi connectivity index (χ1v) is 13.2. The van der Waals surface area contributed by atoms with Gasteiger partial charge in [0.05, 0.1) is 14.3 Å². The van der Waals surface area contributed by atoms with Crippen LogP contribution in [-0.4, -0.2) is 28.8 Å². The van der Waals surface area contributed by atoms with Crippen LogP contribution in [0.4, 0.5) is 0 Å². The van der Waals surface area contributed by atoms with Crippen LogP contribution in [0.5, 0.6) is 17.2 Å². The van der Waals surface area contributed by atoms with Crippen LogP contribution in [-0.2, 0) is 11.2 Å². The number of allylic oxidation sites excluding steroid dienone is 2. The Morgan fingerprint density at radius 1 is 1.06 bits per heavy atom. The SMILES string of the molecule is O=C(O)C(Cc1cc(I)c(Oc2cc(I)c(O)c(I)c2)c(I)c1)NCC1=CC=CNN1. The normalized spacial score (nSPS) is 13.7. The second-order valence-corrected chi connectivity index (χ2v) is 11.2. The molecule has 164 valence electrons. The molecule has 1 aliphatic heterocycles. The average molecular weight is 871 g/mol. The lowest BCUT2D eigenvalue weighted by Gasteiger charge is -2.19. The summed E-state index contributed by atoms with van der Waals surface area (Å²) in [7, 11) is 0. The van der Waals surface area contributed by atoms with Crippen molar-refractivity contribution in [3.05, 3.63) is 68.2 Å². The number of aliphatic carboxylic acids is 1. The van der Waals surface area contributed by atoms with E-state index in [0.29, 0.717) is 31.6 Å². The Labute approximate surface area is 234 Å². The molecule has 0 spiro atoms. The fraction of sp³-hybridized carbons (Fsp3) is 0.150. The van der Waals surface area contributed by atoms with E-state index in [2.05, 4.69) is 107 Å². The summed E-state index contributed by atoms with van der Waals surface area (Å²) < 4.78 is 9.28. The molecule has 1 aliphatic rings. The molecule has 1 heterocycles. The zero-order chi connectivity index (χ0) is 22.5. The first-order chi connectivity index (χ1) is 14.7. The van der Waals surface area contributed by atoms with E-state index in [1.807, 2.05) is 24.3 Å². The summed E-state index contributed by atoms with van der Waals surface area (Å²) in [4.78, 5) is 11.8. The zero-order valence-electron chi connectivity index (χ0n) is 15.8. The van der Waals surface area contributed by atoms with E-state index < -0.39 is 12.0 Å². The van der Waals surface area contributed by atoms with Gasteiger partial charge in [0, 0.05) is 18.4 Å². The molecule has 5 N–H and O–H groups in total. The number of carboxylic acid groups (broad SMARTS) is 1. The standard InChI is InChI=1S/C20H17I4N3O4/c21-13-7-12(8-14(22)18(13)28)31-19-15(23)4-10(5-16(19)24)6-17(20(29)30)25-9-11-2-1-3-26-27-11/h1-5,7-8,17,25-28H,6,9H2,(H,29,30). The highest BCUT2D eigenvalue weighted by atomic mass is 127. The molecule has 1 atom stereocenters. The average Bonchev–Trinajstić information content (AvgIpc) is 2.72. The van der Waals surface area contributed by atoms with Crippen molar-refractivity contribution in [1.82, 2.24) is 16.2 Å². The minimum absolute atomic E-state index is 0.242. The number of ether oxygens (including phenoxy) is 1. The summed E-state index contributed by atoms with van der Waals surface area (Å²) in [5.41, 5.74) is 7.61. The van der Waals surface area contributed by atoms with Gasteiger partial charge in [0.25, 0.3) is 0 Å². The smallest absolute Gasteiger partial charge is 0.321 e. The third kappa shape index (κ3) is 6.97. The highest BCUT2D eigenvalue weighted by Crippen LogP contribution is 2.37. The predicted octanol–water partition coefficient (Wildman–Crippen LogP) is 4.69. The molecular formula is C20H17I4N3O4. The number of phenolic OH excluding ortho intramolecular Hbond substituents is 1. The first-order valence-electron chi connectivity index (χ1n) is 8.92. The van der Waals surface area contributed by atoms with Gasteiger partial charge in [-0.25, -0.2) is 0 Å². The number of halogens is 4. The van der Waals surface area contributed by atoms with Crippen LogP contribution in [0.15, 0.2) is 48.3 Å². The quantitative estimate of drug-likeness (QED) is 0.246. The van der Waals surface area contributed by atoms with Crippen molar-refractivity contribution < 1.29 is 19.7 Å². The van der Waals surface area contributed by atoms with E-state index in [9.17, 15) is 15.0 Å². The van der Waals surface area contributed by atoms with E-state index in [4.69, 9.17) is 4.74 Å². The first kappa shape index (κ1) is 25.1. The number of benzene rings is 2. The fourth-order valence-electron chi connectivity index (χ4n) is 2.75. The minimum Gasteiger partial charge on any atom is -0.506 e. The van der Waals surface area contributed by atoms with Crippen molar-refractivity contribution in [2.75, 3.05) is 6.54 Å². The maximum absolute atomic E-state index is 11.8.